The fourth-order valence-corrected chi connectivity index (χ4v) is 2.44. The summed E-state index contributed by atoms with van der Waals surface area (Å²) in [6.07, 6.45) is 0. The van der Waals surface area contributed by atoms with Gasteiger partial charge in [-0.15, -0.1) is 0 Å². The third-order valence-corrected chi connectivity index (χ3v) is 3.80. The lowest BCUT2D eigenvalue weighted by molar-refractivity contribution is -0.116. The van der Waals surface area contributed by atoms with Gasteiger partial charge in [0.25, 0.3) is 5.91 Å². The van der Waals surface area contributed by atoms with Crippen molar-refractivity contribution in [2.45, 2.75) is 6.92 Å². The predicted octanol–water partition coefficient (Wildman–Crippen LogP) is 2.00. The molecule has 0 atom stereocenters. The first kappa shape index (κ1) is 23.9. The molecule has 0 heterocycles. The van der Waals surface area contributed by atoms with E-state index >= 15 is 0 Å². The SMILES string of the molecule is CC#CC#CC#CC#CC#CC#CC#CC(=O)NNC(=O)c1cc(Cl)c2ccccc2c1O. The van der Waals surface area contributed by atoms with Gasteiger partial charge in [-0.3, -0.25) is 20.4 Å². The van der Waals surface area contributed by atoms with Crippen molar-refractivity contribution in [3.63, 3.8) is 0 Å². The molecule has 33 heavy (non-hydrogen) atoms. The summed E-state index contributed by atoms with van der Waals surface area (Å²) in [7, 11) is 0. The summed E-state index contributed by atoms with van der Waals surface area (Å²) in [5, 5.41) is 11.6. The average molecular weight is 447 g/mol. The number of carbonyl (C=O) groups excluding carboxylic acids is 2. The van der Waals surface area contributed by atoms with Gasteiger partial charge in [0.05, 0.1) is 5.56 Å². The first-order chi connectivity index (χ1) is 16.0. The maximum atomic E-state index is 12.3. The number of hydrazine groups is 1. The Morgan fingerprint density at radius 2 is 1.30 bits per heavy atom. The molecular weight excluding hydrogens is 436 g/mol. The normalized spacial score (nSPS) is 7.58. The van der Waals surface area contributed by atoms with Gasteiger partial charge in [0.1, 0.15) is 5.75 Å². The van der Waals surface area contributed by atoms with E-state index in [-0.39, 0.29) is 16.3 Å². The zero-order valence-electron chi connectivity index (χ0n) is 17.0. The lowest BCUT2D eigenvalue weighted by atomic mass is 10.0. The minimum Gasteiger partial charge on any atom is -0.506 e. The molecule has 0 bridgehead atoms. The van der Waals surface area contributed by atoms with E-state index < -0.39 is 11.8 Å². The van der Waals surface area contributed by atoms with Crippen molar-refractivity contribution in [3.8, 4) is 88.6 Å². The zero-order chi connectivity index (χ0) is 23.9. The number of nitrogens with one attached hydrogen (secondary N) is 2. The summed E-state index contributed by atoms with van der Waals surface area (Å²) in [5.74, 6) is 32.1. The highest BCUT2D eigenvalue weighted by atomic mass is 35.5. The first-order valence-corrected chi connectivity index (χ1v) is 9.35. The molecule has 0 aliphatic heterocycles. The smallest absolute Gasteiger partial charge is 0.315 e. The molecule has 2 amide bonds. The van der Waals surface area contributed by atoms with Crippen LogP contribution in [0.4, 0.5) is 0 Å². The quantitative estimate of drug-likeness (QED) is 0.463. The maximum Gasteiger partial charge on any atom is 0.315 e. The molecule has 2 aromatic carbocycles. The number of benzene rings is 2. The third-order valence-electron chi connectivity index (χ3n) is 3.49. The van der Waals surface area contributed by atoms with Crippen molar-refractivity contribution in [2.75, 3.05) is 0 Å². The van der Waals surface area contributed by atoms with E-state index in [0.717, 1.165) is 0 Å². The number of halogens is 1. The van der Waals surface area contributed by atoms with E-state index in [4.69, 9.17) is 11.6 Å². The van der Waals surface area contributed by atoms with E-state index in [2.05, 4.69) is 93.7 Å². The van der Waals surface area contributed by atoms with E-state index in [1.165, 1.54) is 6.07 Å². The minimum absolute atomic E-state index is 0.102. The number of hydrogen-bond acceptors (Lipinski definition) is 3. The zero-order valence-corrected chi connectivity index (χ0v) is 17.8. The number of amides is 2. The molecule has 3 N–H and O–H groups in total. The molecule has 0 aliphatic carbocycles. The Morgan fingerprint density at radius 1 is 0.788 bits per heavy atom. The number of carbonyl (C=O) groups is 2. The van der Waals surface area contributed by atoms with Gasteiger partial charge in [0.2, 0.25) is 0 Å². The predicted molar refractivity (Wildman–Crippen MR) is 126 cm³/mol. The van der Waals surface area contributed by atoms with Crippen LogP contribution in [0.1, 0.15) is 17.3 Å². The second kappa shape index (κ2) is 13.1. The van der Waals surface area contributed by atoms with Crippen LogP contribution in [0.5, 0.6) is 5.75 Å². The van der Waals surface area contributed by atoms with Crippen molar-refractivity contribution in [1.29, 1.82) is 0 Å². The van der Waals surface area contributed by atoms with Gasteiger partial charge in [-0.05, 0) is 84.0 Å². The molecule has 0 fully saturated rings. The highest BCUT2D eigenvalue weighted by Gasteiger charge is 2.16. The summed E-state index contributed by atoms with van der Waals surface area (Å²) >= 11 is 6.16. The molecule has 0 aromatic heterocycles. The van der Waals surface area contributed by atoms with Crippen LogP contribution >= 0.6 is 11.6 Å². The summed E-state index contributed by atoms with van der Waals surface area (Å²) in [6, 6.07) is 8.09. The molecule has 2 rings (SSSR count). The molecule has 0 aliphatic rings. The van der Waals surface area contributed by atoms with Gasteiger partial charge in [0, 0.05) is 21.7 Å². The molecule has 6 heteroatoms. The van der Waals surface area contributed by atoms with Crippen LogP contribution < -0.4 is 10.9 Å². The van der Waals surface area contributed by atoms with E-state index in [1.54, 1.807) is 31.2 Å². The van der Waals surface area contributed by atoms with Gasteiger partial charge in [-0.1, -0.05) is 41.8 Å². The molecule has 0 saturated carbocycles. The molecule has 0 radical (unpaired) electrons. The Labute approximate surface area is 196 Å². The fourth-order valence-electron chi connectivity index (χ4n) is 2.16. The molecule has 5 nitrogen and oxygen atoms in total. The fraction of sp³-hybridized carbons (Fsp3) is 0.0370. The van der Waals surface area contributed by atoms with E-state index in [9.17, 15) is 14.7 Å². The number of aromatic hydroxyl groups is 1. The number of fused-ring (bicyclic) bond motifs is 1. The van der Waals surface area contributed by atoms with Crippen LogP contribution in [0.3, 0.4) is 0 Å². The Bertz CT molecular complexity index is 1570. The van der Waals surface area contributed by atoms with Gasteiger partial charge >= 0.3 is 5.91 Å². The molecule has 154 valence electrons. The van der Waals surface area contributed by atoms with Gasteiger partial charge in [0.15, 0.2) is 0 Å². The van der Waals surface area contributed by atoms with E-state index in [1.807, 2.05) is 0 Å². The molecule has 2 aromatic rings. The Morgan fingerprint density at radius 3 is 1.88 bits per heavy atom. The second-order valence-corrected chi connectivity index (χ2v) is 5.99. The van der Waals surface area contributed by atoms with Crippen molar-refractivity contribution in [3.05, 3.63) is 40.9 Å². The summed E-state index contributed by atoms with van der Waals surface area (Å²) in [4.78, 5) is 24.0. The monoisotopic (exact) mass is 446 g/mol. The van der Waals surface area contributed by atoms with Crippen molar-refractivity contribution < 1.29 is 14.7 Å². The Kier molecular flexibility index (Phi) is 9.46. The number of phenols is 1. The summed E-state index contributed by atoms with van der Waals surface area (Å²) in [6.45, 7) is 1.67. The Balaban J connectivity index is 1.91. The van der Waals surface area contributed by atoms with Crippen LogP contribution in [0.15, 0.2) is 30.3 Å². The third kappa shape index (κ3) is 7.77. The number of rotatable bonds is 1. The van der Waals surface area contributed by atoms with Crippen LogP contribution in [-0.2, 0) is 4.79 Å². The minimum atomic E-state index is -0.819. The van der Waals surface area contributed by atoms with Crippen molar-refractivity contribution in [2.24, 2.45) is 0 Å². The molecular formula is C27H11ClN2O3. The first-order valence-electron chi connectivity index (χ1n) is 8.98. The van der Waals surface area contributed by atoms with Crippen LogP contribution in [0.25, 0.3) is 10.8 Å². The molecule has 0 spiro atoms. The van der Waals surface area contributed by atoms with Gasteiger partial charge < -0.3 is 5.11 Å². The van der Waals surface area contributed by atoms with E-state index in [0.29, 0.717) is 10.8 Å². The van der Waals surface area contributed by atoms with Crippen LogP contribution in [0.2, 0.25) is 5.02 Å². The van der Waals surface area contributed by atoms with Crippen LogP contribution in [0, 0.1) is 82.9 Å². The maximum absolute atomic E-state index is 12.3. The molecule has 0 unspecified atom stereocenters. The summed E-state index contributed by atoms with van der Waals surface area (Å²) in [5.41, 5.74) is 4.13. The molecule has 0 saturated heterocycles. The number of hydrogen-bond donors (Lipinski definition) is 3. The Hall–Kier alpha value is -5.35. The second-order valence-electron chi connectivity index (χ2n) is 5.58. The summed E-state index contributed by atoms with van der Waals surface area (Å²) < 4.78 is 0. The van der Waals surface area contributed by atoms with Gasteiger partial charge in [-0.25, -0.2) is 0 Å². The van der Waals surface area contributed by atoms with Crippen molar-refractivity contribution in [1.82, 2.24) is 10.9 Å². The van der Waals surface area contributed by atoms with Crippen molar-refractivity contribution >= 4 is 34.2 Å². The lowest BCUT2D eigenvalue weighted by Gasteiger charge is -2.10. The standard InChI is InChI=1S/C27H11ClN2O3/c1-2-3-4-5-6-7-8-9-10-11-12-13-14-19-25(31)29-30-27(33)23-20-24(28)21-17-15-16-18-22(21)26(23)32/h15-18,20,32H,1H3,(H,29,31)(H,30,33). The highest BCUT2D eigenvalue weighted by Crippen LogP contribution is 2.34. The van der Waals surface area contributed by atoms with Gasteiger partial charge in [-0.2, -0.15) is 0 Å². The van der Waals surface area contributed by atoms with Crippen LogP contribution in [-0.4, -0.2) is 16.9 Å². The number of phenolic OH excluding ortho intramolecular Hbond substituents is 1. The lowest BCUT2D eigenvalue weighted by Crippen LogP contribution is -2.41. The highest BCUT2D eigenvalue weighted by molar-refractivity contribution is 6.36. The topological polar surface area (TPSA) is 78.4 Å². The largest absolute Gasteiger partial charge is 0.506 e. The average Bonchev–Trinajstić information content (AvgIpc) is 2.82.